The Balaban J connectivity index is 2.62. The van der Waals surface area contributed by atoms with E-state index in [1.54, 1.807) is 18.2 Å². The Morgan fingerprint density at radius 3 is 2.47 bits per heavy atom. The Morgan fingerprint density at radius 1 is 1.20 bits per heavy atom. The predicted molar refractivity (Wildman–Crippen MR) is 59.8 cm³/mol. The van der Waals surface area contributed by atoms with Gasteiger partial charge in [0, 0.05) is 22.9 Å². The number of rotatable bonds is 5. The van der Waals surface area contributed by atoms with Crippen LogP contribution in [-0.4, -0.2) is 23.3 Å². The first-order chi connectivity index (χ1) is 7.15. The average molecular weight is 271 g/mol. The Hall–Kier alpha value is -1.000. The fourth-order valence-electron chi connectivity index (χ4n) is 1.15. The molecule has 0 saturated heterocycles. The summed E-state index contributed by atoms with van der Waals surface area (Å²) in [6.45, 7) is -0.497. The summed E-state index contributed by atoms with van der Waals surface area (Å²) in [4.78, 5) is 22.4. The van der Waals surface area contributed by atoms with Crippen LogP contribution in [0.25, 0.3) is 0 Å². The molecule has 0 aromatic heterocycles. The van der Waals surface area contributed by atoms with Gasteiger partial charge in [0.2, 0.25) is 0 Å². The lowest BCUT2D eigenvalue weighted by Crippen LogP contribution is -2.08. The van der Waals surface area contributed by atoms with Crippen molar-refractivity contribution in [1.82, 2.24) is 0 Å². The number of hydrogen-bond acceptors (Lipinski definition) is 3. The number of carbonyl (C=O) groups excluding carboxylic acids is 2. The molecule has 0 atom stereocenters. The summed E-state index contributed by atoms with van der Waals surface area (Å²) in [5, 5.41) is 8.50. The van der Waals surface area contributed by atoms with Gasteiger partial charge in [-0.3, -0.25) is 9.59 Å². The van der Waals surface area contributed by atoms with Gasteiger partial charge in [0.05, 0.1) is 0 Å². The van der Waals surface area contributed by atoms with E-state index in [9.17, 15) is 9.59 Å². The van der Waals surface area contributed by atoms with Crippen LogP contribution < -0.4 is 0 Å². The molecule has 0 fully saturated rings. The Labute approximate surface area is 96.2 Å². The van der Waals surface area contributed by atoms with Crippen molar-refractivity contribution in [2.24, 2.45) is 0 Å². The van der Waals surface area contributed by atoms with Crippen molar-refractivity contribution in [2.75, 3.05) is 6.61 Å². The molecule has 0 amide bonds. The number of carbonyl (C=O) groups is 2. The zero-order valence-corrected chi connectivity index (χ0v) is 9.66. The third-order valence-corrected chi connectivity index (χ3v) is 2.67. The van der Waals surface area contributed by atoms with Crippen molar-refractivity contribution < 1.29 is 14.7 Å². The monoisotopic (exact) mass is 270 g/mol. The molecule has 1 N–H and O–H groups in total. The summed E-state index contributed by atoms with van der Waals surface area (Å²) in [5.74, 6) is -0.403. The minimum absolute atomic E-state index is 0.0933. The highest BCUT2D eigenvalue weighted by molar-refractivity contribution is 9.10. The van der Waals surface area contributed by atoms with Crippen LogP contribution in [0, 0.1) is 0 Å². The van der Waals surface area contributed by atoms with Crippen LogP contribution in [0.1, 0.15) is 23.2 Å². The highest BCUT2D eigenvalue weighted by atomic mass is 79.9. The van der Waals surface area contributed by atoms with Gasteiger partial charge >= 0.3 is 0 Å². The molecule has 0 radical (unpaired) electrons. The second-order valence-corrected chi connectivity index (χ2v) is 3.95. The quantitative estimate of drug-likeness (QED) is 0.833. The maximum Gasteiger partial charge on any atom is 0.164 e. The molecule has 1 aromatic rings. The standard InChI is InChI=1S/C11H11BrO3/c12-10-4-2-1-3-9(10)11(15)6-5-8(14)7-13/h1-4,13H,5-7H2. The van der Waals surface area contributed by atoms with Crippen LogP contribution in [-0.2, 0) is 4.79 Å². The van der Waals surface area contributed by atoms with Crippen LogP contribution in [0.3, 0.4) is 0 Å². The van der Waals surface area contributed by atoms with E-state index in [-0.39, 0.29) is 24.4 Å². The maximum atomic E-state index is 11.6. The normalized spacial score (nSPS) is 10.0. The van der Waals surface area contributed by atoms with E-state index in [0.717, 1.165) is 4.47 Å². The summed E-state index contributed by atoms with van der Waals surface area (Å²) in [7, 11) is 0. The molecule has 0 saturated carbocycles. The van der Waals surface area contributed by atoms with Gasteiger partial charge in [-0.1, -0.05) is 34.1 Å². The van der Waals surface area contributed by atoms with Gasteiger partial charge in [0.25, 0.3) is 0 Å². The first kappa shape index (κ1) is 12.1. The Bertz CT molecular complexity index is 374. The zero-order chi connectivity index (χ0) is 11.3. The fourth-order valence-corrected chi connectivity index (χ4v) is 1.66. The largest absolute Gasteiger partial charge is 0.389 e. The van der Waals surface area contributed by atoms with Gasteiger partial charge in [0.1, 0.15) is 6.61 Å². The molecule has 15 heavy (non-hydrogen) atoms. The Kier molecular flexibility index (Phi) is 4.65. The van der Waals surface area contributed by atoms with Crippen molar-refractivity contribution in [3.8, 4) is 0 Å². The van der Waals surface area contributed by atoms with Crippen LogP contribution in [0.15, 0.2) is 28.7 Å². The third kappa shape index (κ3) is 3.57. The maximum absolute atomic E-state index is 11.6. The molecule has 0 unspecified atom stereocenters. The lowest BCUT2D eigenvalue weighted by molar-refractivity contribution is -0.121. The summed E-state index contributed by atoms with van der Waals surface area (Å²) in [6.07, 6.45) is 0.235. The van der Waals surface area contributed by atoms with Crippen molar-refractivity contribution in [3.05, 3.63) is 34.3 Å². The average Bonchev–Trinajstić information content (AvgIpc) is 2.26. The highest BCUT2D eigenvalue weighted by Gasteiger charge is 2.10. The zero-order valence-electron chi connectivity index (χ0n) is 8.07. The minimum atomic E-state index is -0.497. The third-order valence-electron chi connectivity index (χ3n) is 1.98. The smallest absolute Gasteiger partial charge is 0.164 e. The summed E-state index contributed by atoms with van der Waals surface area (Å²) in [6, 6.07) is 7.07. The number of hydrogen-bond donors (Lipinski definition) is 1. The first-order valence-electron chi connectivity index (χ1n) is 4.55. The van der Waals surface area contributed by atoms with Gasteiger partial charge in [-0.05, 0) is 6.07 Å². The lowest BCUT2D eigenvalue weighted by atomic mass is 10.1. The van der Waals surface area contributed by atoms with E-state index >= 15 is 0 Å². The van der Waals surface area contributed by atoms with Crippen LogP contribution >= 0.6 is 15.9 Å². The second-order valence-electron chi connectivity index (χ2n) is 3.10. The molecule has 0 aliphatic carbocycles. The summed E-state index contributed by atoms with van der Waals surface area (Å²) in [5.41, 5.74) is 0.572. The molecular formula is C11H11BrO3. The fraction of sp³-hybridized carbons (Fsp3) is 0.273. The van der Waals surface area contributed by atoms with Gasteiger partial charge in [0.15, 0.2) is 11.6 Å². The van der Waals surface area contributed by atoms with Gasteiger partial charge in [-0.2, -0.15) is 0 Å². The first-order valence-corrected chi connectivity index (χ1v) is 5.34. The molecule has 1 aromatic carbocycles. The van der Waals surface area contributed by atoms with Crippen molar-refractivity contribution in [2.45, 2.75) is 12.8 Å². The molecule has 1 rings (SSSR count). The predicted octanol–water partition coefficient (Wildman–Crippen LogP) is 1.97. The molecule has 0 bridgehead atoms. The number of aliphatic hydroxyl groups is 1. The number of aliphatic hydroxyl groups excluding tert-OH is 1. The molecule has 80 valence electrons. The van der Waals surface area contributed by atoms with Gasteiger partial charge < -0.3 is 5.11 Å². The molecular weight excluding hydrogens is 260 g/mol. The molecule has 4 heteroatoms. The van der Waals surface area contributed by atoms with Crippen LogP contribution in [0.2, 0.25) is 0 Å². The number of Topliss-reactive ketones (excluding diaryl/α,β-unsaturated/α-hetero) is 2. The molecule has 0 spiro atoms. The van der Waals surface area contributed by atoms with E-state index in [1.807, 2.05) is 6.07 Å². The van der Waals surface area contributed by atoms with Crippen molar-refractivity contribution in [3.63, 3.8) is 0 Å². The van der Waals surface area contributed by atoms with Crippen molar-refractivity contribution >= 4 is 27.5 Å². The molecule has 3 nitrogen and oxygen atoms in total. The Morgan fingerprint density at radius 2 is 1.87 bits per heavy atom. The van der Waals surface area contributed by atoms with E-state index < -0.39 is 6.61 Å². The topological polar surface area (TPSA) is 54.4 Å². The summed E-state index contributed by atoms with van der Waals surface area (Å²) < 4.78 is 0.728. The van der Waals surface area contributed by atoms with Crippen LogP contribution in [0.5, 0.6) is 0 Å². The lowest BCUT2D eigenvalue weighted by Gasteiger charge is -2.02. The molecule has 0 heterocycles. The van der Waals surface area contributed by atoms with E-state index in [0.29, 0.717) is 5.56 Å². The van der Waals surface area contributed by atoms with Crippen LogP contribution in [0.4, 0.5) is 0 Å². The molecule has 0 aliphatic rings. The van der Waals surface area contributed by atoms with Gasteiger partial charge in [-0.15, -0.1) is 0 Å². The molecule has 0 aliphatic heterocycles. The minimum Gasteiger partial charge on any atom is -0.389 e. The number of benzene rings is 1. The van der Waals surface area contributed by atoms with Crippen molar-refractivity contribution in [1.29, 1.82) is 0 Å². The van der Waals surface area contributed by atoms with E-state index in [2.05, 4.69) is 15.9 Å². The number of halogens is 1. The second kappa shape index (κ2) is 5.78. The number of ketones is 2. The summed E-state index contributed by atoms with van der Waals surface area (Å²) >= 11 is 3.27. The van der Waals surface area contributed by atoms with E-state index in [1.165, 1.54) is 0 Å². The highest BCUT2D eigenvalue weighted by Crippen LogP contribution is 2.18. The van der Waals surface area contributed by atoms with Gasteiger partial charge in [-0.25, -0.2) is 0 Å². The van der Waals surface area contributed by atoms with E-state index in [4.69, 9.17) is 5.11 Å². The SMILES string of the molecule is O=C(CO)CCC(=O)c1ccccc1Br.